The first-order valence-corrected chi connectivity index (χ1v) is 5.05. The van der Waals surface area contributed by atoms with E-state index < -0.39 is 0 Å². The van der Waals surface area contributed by atoms with Crippen molar-refractivity contribution in [2.75, 3.05) is 13.2 Å². The van der Waals surface area contributed by atoms with E-state index in [0.29, 0.717) is 6.61 Å². The van der Waals surface area contributed by atoms with Gasteiger partial charge in [0.1, 0.15) is 0 Å². The largest absolute Gasteiger partial charge is 0.353 e. The van der Waals surface area contributed by atoms with Crippen LogP contribution in [0.4, 0.5) is 0 Å². The Balaban J connectivity index is 2.17. The highest BCUT2D eigenvalue weighted by molar-refractivity contribution is 4.92. The molecular formula is C11H20O2. The van der Waals surface area contributed by atoms with Crippen molar-refractivity contribution >= 4 is 0 Å². The van der Waals surface area contributed by atoms with E-state index in [2.05, 4.69) is 26.8 Å². The Labute approximate surface area is 80.9 Å². The van der Waals surface area contributed by atoms with E-state index in [9.17, 15) is 0 Å². The molecule has 1 aliphatic rings. The van der Waals surface area contributed by atoms with Crippen LogP contribution in [0.15, 0.2) is 11.6 Å². The number of rotatable bonds is 3. The molecule has 1 aliphatic heterocycles. The molecule has 1 rings (SSSR count). The van der Waals surface area contributed by atoms with Crippen molar-refractivity contribution in [3.05, 3.63) is 11.6 Å². The SMILES string of the molecule is CC(C)=CCOC1CC(C)CCO1. The lowest BCUT2D eigenvalue weighted by molar-refractivity contribution is -0.166. The van der Waals surface area contributed by atoms with Crippen LogP contribution in [0.2, 0.25) is 0 Å². The van der Waals surface area contributed by atoms with Gasteiger partial charge in [0, 0.05) is 13.0 Å². The van der Waals surface area contributed by atoms with Crippen LogP contribution in [0.25, 0.3) is 0 Å². The topological polar surface area (TPSA) is 18.5 Å². The standard InChI is InChI=1S/C11H20O2/c1-9(2)4-6-12-11-8-10(3)5-7-13-11/h4,10-11H,5-8H2,1-3H3. The summed E-state index contributed by atoms with van der Waals surface area (Å²) in [5.41, 5.74) is 1.30. The van der Waals surface area contributed by atoms with Crippen molar-refractivity contribution in [2.24, 2.45) is 5.92 Å². The van der Waals surface area contributed by atoms with Crippen LogP contribution >= 0.6 is 0 Å². The van der Waals surface area contributed by atoms with Crippen LogP contribution in [0.1, 0.15) is 33.6 Å². The molecule has 0 aromatic rings. The molecular weight excluding hydrogens is 164 g/mol. The van der Waals surface area contributed by atoms with Gasteiger partial charge in [-0.1, -0.05) is 18.6 Å². The molecule has 1 saturated heterocycles. The average molecular weight is 184 g/mol. The van der Waals surface area contributed by atoms with Crippen LogP contribution < -0.4 is 0 Å². The smallest absolute Gasteiger partial charge is 0.158 e. The Morgan fingerprint density at radius 2 is 2.31 bits per heavy atom. The number of hydrogen-bond donors (Lipinski definition) is 0. The number of ether oxygens (including phenoxy) is 2. The van der Waals surface area contributed by atoms with Gasteiger partial charge in [0.15, 0.2) is 6.29 Å². The fourth-order valence-corrected chi connectivity index (χ4v) is 1.35. The maximum absolute atomic E-state index is 5.57. The lowest BCUT2D eigenvalue weighted by atomic mass is 10.0. The molecule has 0 aromatic heterocycles. The number of hydrogen-bond acceptors (Lipinski definition) is 2. The summed E-state index contributed by atoms with van der Waals surface area (Å²) in [6, 6.07) is 0. The van der Waals surface area contributed by atoms with E-state index in [4.69, 9.17) is 9.47 Å². The highest BCUT2D eigenvalue weighted by atomic mass is 16.7. The zero-order valence-corrected chi connectivity index (χ0v) is 8.88. The van der Waals surface area contributed by atoms with Gasteiger partial charge in [-0.25, -0.2) is 0 Å². The van der Waals surface area contributed by atoms with Crippen molar-refractivity contribution in [1.82, 2.24) is 0 Å². The highest BCUT2D eigenvalue weighted by Gasteiger charge is 2.18. The molecule has 0 aliphatic carbocycles. The summed E-state index contributed by atoms with van der Waals surface area (Å²) in [6.07, 6.45) is 4.32. The predicted molar refractivity (Wildman–Crippen MR) is 53.5 cm³/mol. The Morgan fingerprint density at radius 1 is 1.54 bits per heavy atom. The van der Waals surface area contributed by atoms with Gasteiger partial charge in [-0.05, 0) is 26.2 Å². The van der Waals surface area contributed by atoms with Crippen molar-refractivity contribution in [2.45, 2.75) is 39.9 Å². The summed E-state index contributed by atoms with van der Waals surface area (Å²) >= 11 is 0. The zero-order chi connectivity index (χ0) is 9.68. The minimum absolute atomic E-state index is 0.0272. The third-order valence-electron chi connectivity index (χ3n) is 2.28. The lowest BCUT2D eigenvalue weighted by Gasteiger charge is -2.26. The molecule has 76 valence electrons. The molecule has 0 radical (unpaired) electrons. The van der Waals surface area contributed by atoms with Gasteiger partial charge in [-0.3, -0.25) is 0 Å². The van der Waals surface area contributed by atoms with Crippen molar-refractivity contribution in [3.63, 3.8) is 0 Å². The third kappa shape index (κ3) is 4.44. The Kier molecular flexibility index (Phi) is 4.46. The van der Waals surface area contributed by atoms with Crippen LogP contribution in [0.3, 0.4) is 0 Å². The van der Waals surface area contributed by atoms with E-state index in [1.165, 1.54) is 12.0 Å². The van der Waals surface area contributed by atoms with Crippen molar-refractivity contribution < 1.29 is 9.47 Å². The molecule has 13 heavy (non-hydrogen) atoms. The Morgan fingerprint density at radius 3 is 2.92 bits per heavy atom. The summed E-state index contributed by atoms with van der Waals surface area (Å²) in [5.74, 6) is 0.741. The molecule has 0 amide bonds. The minimum atomic E-state index is 0.0272. The van der Waals surface area contributed by atoms with Gasteiger partial charge >= 0.3 is 0 Å². The molecule has 0 saturated carbocycles. The van der Waals surface area contributed by atoms with Crippen molar-refractivity contribution in [1.29, 1.82) is 0 Å². The van der Waals surface area contributed by atoms with Crippen LogP contribution in [-0.4, -0.2) is 19.5 Å². The molecule has 2 nitrogen and oxygen atoms in total. The number of allylic oxidation sites excluding steroid dienone is 1. The normalized spacial score (nSPS) is 28.5. The zero-order valence-electron chi connectivity index (χ0n) is 8.88. The second-order valence-electron chi connectivity index (χ2n) is 4.04. The van der Waals surface area contributed by atoms with E-state index >= 15 is 0 Å². The maximum atomic E-state index is 5.57. The van der Waals surface area contributed by atoms with Crippen LogP contribution in [0.5, 0.6) is 0 Å². The van der Waals surface area contributed by atoms with E-state index in [1.54, 1.807) is 0 Å². The van der Waals surface area contributed by atoms with Gasteiger partial charge in [-0.2, -0.15) is 0 Å². The van der Waals surface area contributed by atoms with Crippen LogP contribution in [0, 0.1) is 5.92 Å². The fourth-order valence-electron chi connectivity index (χ4n) is 1.35. The Bertz CT molecular complexity index is 171. The predicted octanol–water partition coefficient (Wildman–Crippen LogP) is 2.74. The second-order valence-corrected chi connectivity index (χ2v) is 4.04. The molecule has 0 N–H and O–H groups in total. The summed E-state index contributed by atoms with van der Waals surface area (Å²) < 4.78 is 11.0. The lowest BCUT2D eigenvalue weighted by Crippen LogP contribution is -2.26. The summed E-state index contributed by atoms with van der Waals surface area (Å²) in [6.45, 7) is 7.93. The molecule has 1 fully saturated rings. The van der Waals surface area contributed by atoms with Gasteiger partial charge < -0.3 is 9.47 Å². The maximum Gasteiger partial charge on any atom is 0.158 e. The van der Waals surface area contributed by atoms with Gasteiger partial charge in [0.2, 0.25) is 0 Å². The molecule has 0 spiro atoms. The van der Waals surface area contributed by atoms with E-state index in [-0.39, 0.29) is 6.29 Å². The summed E-state index contributed by atoms with van der Waals surface area (Å²) in [4.78, 5) is 0. The van der Waals surface area contributed by atoms with Crippen LogP contribution in [-0.2, 0) is 9.47 Å². The molecule has 2 unspecified atom stereocenters. The second kappa shape index (κ2) is 5.40. The van der Waals surface area contributed by atoms with Gasteiger partial charge in [0.05, 0.1) is 6.61 Å². The first kappa shape index (κ1) is 10.7. The van der Waals surface area contributed by atoms with Crippen molar-refractivity contribution in [3.8, 4) is 0 Å². The van der Waals surface area contributed by atoms with E-state index in [1.807, 2.05) is 0 Å². The first-order valence-electron chi connectivity index (χ1n) is 5.05. The quantitative estimate of drug-likeness (QED) is 0.628. The molecule has 2 heteroatoms. The fraction of sp³-hybridized carbons (Fsp3) is 0.818. The van der Waals surface area contributed by atoms with E-state index in [0.717, 1.165) is 18.9 Å². The molecule has 2 atom stereocenters. The molecule has 0 aromatic carbocycles. The average Bonchev–Trinajstić information content (AvgIpc) is 2.03. The highest BCUT2D eigenvalue weighted by Crippen LogP contribution is 2.19. The van der Waals surface area contributed by atoms with Gasteiger partial charge in [-0.15, -0.1) is 0 Å². The minimum Gasteiger partial charge on any atom is -0.353 e. The summed E-state index contributed by atoms with van der Waals surface area (Å²) in [7, 11) is 0. The molecule has 0 bridgehead atoms. The van der Waals surface area contributed by atoms with Gasteiger partial charge in [0.25, 0.3) is 0 Å². The third-order valence-corrected chi connectivity index (χ3v) is 2.28. The summed E-state index contributed by atoms with van der Waals surface area (Å²) in [5, 5.41) is 0. The first-order chi connectivity index (χ1) is 6.18. The Hall–Kier alpha value is -0.340. The molecule has 1 heterocycles. The monoisotopic (exact) mass is 184 g/mol.